The van der Waals surface area contributed by atoms with Crippen molar-refractivity contribution >= 4 is 39.5 Å². The van der Waals surface area contributed by atoms with E-state index in [1.165, 1.54) is 0 Å². The van der Waals surface area contributed by atoms with Gasteiger partial charge in [0.05, 0.1) is 10.3 Å². The minimum Gasteiger partial charge on any atom is -0.483 e. The van der Waals surface area contributed by atoms with Crippen LogP contribution >= 0.6 is 23.5 Å². The molecule has 1 aliphatic heterocycles. The maximum Gasteiger partial charge on any atom is 0.258 e. The first-order valence-corrected chi connectivity index (χ1v) is 13.9. The lowest BCUT2D eigenvalue weighted by Crippen LogP contribution is -2.31. The highest BCUT2D eigenvalue weighted by molar-refractivity contribution is 8.19. The lowest BCUT2D eigenvalue weighted by Gasteiger charge is -2.15. The average Bonchev–Trinajstić information content (AvgIpc) is 3.25. The zero-order chi connectivity index (χ0) is 22.3. The maximum absolute atomic E-state index is 12.2. The number of para-hydroxylation sites is 1. The Morgan fingerprint density at radius 3 is 2.39 bits per heavy atom. The number of sulfonamides is 1. The van der Waals surface area contributed by atoms with Crippen molar-refractivity contribution in [2.24, 2.45) is 0 Å². The summed E-state index contributed by atoms with van der Waals surface area (Å²) >= 11 is 3.80. The second-order valence-electron chi connectivity index (χ2n) is 7.52. The van der Waals surface area contributed by atoms with Crippen molar-refractivity contribution in [3.63, 3.8) is 0 Å². The molecular formula is C22H28N2O4S3. The van der Waals surface area contributed by atoms with Crippen LogP contribution in [0.2, 0.25) is 0 Å². The van der Waals surface area contributed by atoms with Gasteiger partial charge < -0.3 is 10.1 Å². The first kappa shape index (κ1) is 24.0. The van der Waals surface area contributed by atoms with Crippen LogP contribution < -0.4 is 14.8 Å². The second-order valence-corrected chi connectivity index (χ2v) is 12.0. The van der Waals surface area contributed by atoms with E-state index in [2.05, 4.69) is 16.1 Å². The van der Waals surface area contributed by atoms with E-state index >= 15 is 0 Å². The van der Waals surface area contributed by atoms with Crippen LogP contribution in [0.4, 0.5) is 0 Å². The van der Waals surface area contributed by atoms with E-state index in [0.29, 0.717) is 16.7 Å². The monoisotopic (exact) mass is 480 g/mol. The molecule has 1 amide bonds. The summed E-state index contributed by atoms with van der Waals surface area (Å²) in [5.74, 6) is 2.74. The van der Waals surface area contributed by atoms with Crippen LogP contribution in [0.25, 0.3) is 0 Å². The molecule has 1 saturated heterocycles. The average molecular weight is 481 g/mol. The Bertz CT molecular complexity index is 973. The number of carbonyl (C=O) groups is 1. The summed E-state index contributed by atoms with van der Waals surface area (Å²) in [6.45, 7) is 3.89. The standard InChI is InChI=1S/C22H28N2O4S3/c1-16(2)24-31(26,27)15-18-9-7-17(8-10-18)13-23-21(25)14-28-20-6-4-3-5-19(20)22-29-11-12-30-22/h3-10,16,22,24H,11-15H2,1-2H3,(H,23,25). The van der Waals surface area contributed by atoms with Crippen LogP contribution in [-0.4, -0.2) is 38.5 Å². The lowest BCUT2D eigenvalue weighted by molar-refractivity contribution is -0.123. The summed E-state index contributed by atoms with van der Waals surface area (Å²) in [4.78, 5) is 12.2. The fourth-order valence-corrected chi connectivity index (χ4v) is 7.45. The van der Waals surface area contributed by atoms with E-state index in [9.17, 15) is 13.2 Å². The SMILES string of the molecule is CC(C)NS(=O)(=O)Cc1ccc(CNC(=O)COc2ccccc2C2SCCS2)cc1. The summed E-state index contributed by atoms with van der Waals surface area (Å²) in [6.07, 6.45) is 0. The Labute approximate surface area is 193 Å². The summed E-state index contributed by atoms with van der Waals surface area (Å²) in [5, 5.41) is 2.85. The number of nitrogens with one attached hydrogen (secondary N) is 2. The molecule has 1 fully saturated rings. The fraction of sp³-hybridized carbons (Fsp3) is 0.409. The topological polar surface area (TPSA) is 84.5 Å². The normalized spacial score (nSPS) is 14.7. The van der Waals surface area contributed by atoms with Gasteiger partial charge in [-0.3, -0.25) is 4.79 Å². The molecule has 0 aliphatic carbocycles. The van der Waals surface area contributed by atoms with Gasteiger partial charge in [0.2, 0.25) is 10.0 Å². The number of carbonyl (C=O) groups excluding carboxylic acids is 1. The minimum atomic E-state index is -3.36. The molecule has 0 aromatic heterocycles. The van der Waals surface area contributed by atoms with Gasteiger partial charge >= 0.3 is 0 Å². The third-order valence-electron chi connectivity index (χ3n) is 4.44. The Hall–Kier alpha value is -1.68. The Morgan fingerprint density at radius 1 is 1.06 bits per heavy atom. The molecule has 2 N–H and O–H groups in total. The van der Waals surface area contributed by atoms with Gasteiger partial charge in [-0.25, -0.2) is 13.1 Å². The lowest BCUT2D eigenvalue weighted by atomic mass is 10.1. The quantitative estimate of drug-likeness (QED) is 0.540. The minimum absolute atomic E-state index is 0.0454. The van der Waals surface area contributed by atoms with Crippen LogP contribution in [0.5, 0.6) is 5.75 Å². The van der Waals surface area contributed by atoms with E-state index in [1.54, 1.807) is 26.0 Å². The third-order valence-corrected chi connectivity index (χ3v) is 9.05. The van der Waals surface area contributed by atoms with Crippen LogP contribution in [0, 0.1) is 0 Å². The molecule has 2 aromatic carbocycles. The van der Waals surface area contributed by atoms with Gasteiger partial charge in [0, 0.05) is 29.7 Å². The first-order valence-electron chi connectivity index (χ1n) is 10.1. The van der Waals surface area contributed by atoms with Crippen LogP contribution in [-0.2, 0) is 27.1 Å². The molecule has 168 valence electrons. The van der Waals surface area contributed by atoms with Gasteiger partial charge in [-0.2, -0.15) is 0 Å². The fourth-order valence-electron chi connectivity index (χ4n) is 3.11. The number of benzene rings is 2. The second kappa shape index (κ2) is 11.3. The molecule has 0 saturated carbocycles. The highest BCUT2D eigenvalue weighted by Crippen LogP contribution is 2.48. The van der Waals surface area contributed by atoms with Crippen molar-refractivity contribution in [2.45, 2.75) is 36.8 Å². The molecule has 0 spiro atoms. The highest BCUT2D eigenvalue weighted by atomic mass is 32.2. The van der Waals surface area contributed by atoms with Gasteiger partial charge in [-0.1, -0.05) is 42.5 Å². The predicted octanol–water partition coefficient (Wildman–Crippen LogP) is 3.69. The summed E-state index contributed by atoms with van der Waals surface area (Å²) < 4.78 is 32.8. The van der Waals surface area contributed by atoms with Crippen molar-refractivity contribution in [2.75, 3.05) is 18.1 Å². The number of thioether (sulfide) groups is 2. The molecule has 1 heterocycles. The van der Waals surface area contributed by atoms with Crippen molar-refractivity contribution in [3.8, 4) is 5.75 Å². The largest absolute Gasteiger partial charge is 0.483 e. The van der Waals surface area contributed by atoms with Gasteiger partial charge in [0.1, 0.15) is 5.75 Å². The molecule has 3 rings (SSSR count). The number of rotatable bonds is 10. The van der Waals surface area contributed by atoms with E-state index in [-0.39, 0.29) is 24.3 Å². The summed E-state index contributed by atoms with van der Waals surface area (Å²) in [7, 11) is -3.36. The molecule has 2 aromatic rings. The smallest absolute Gasteiger partial charge is 0.258 e. The number of ether oxygens (including phenoxy) is 1. The number of hydrogen-bond donors (Lipinski definition) is 2. The molecule has 0 unspecified atom stereocenters. The van der Waals surface area contributed by atoms with E-state index in [1.807, 2.05) is 53.9 Å². The van der Waals surface area contributed by atoms with Gasteiger partial charge in [0.15, 0.2) is 6.61 Å². The predicted molar refractivity (Wildman–Crippen MR) is 129 cm³/mol. The van der Waals surface area contributed by atoms with Crippen LogP contribution in [0.15, 0.2) is 48.5 Å². The first-order chi connectivity index (χ1) is 14.8. The molecule has 9 heteroatoms. The third kappa shape index (κ3) is 7.75. The maximum atomic E-state index is 12.2. The van der Waals surface area contributed by atoms with Crippen molar-refractivity contribution in [1.29, 1.82) is 0 Å². The number of amides is 1. The van der Waals surface area contributed by atoms with Crippen LogP contribution in [0.3, 0.4) is 0 Å². The van der Waals surface area contributed by atoms with Gasteiger partial charge in [0.25, 0.3) is 5.91 Å². The Morgan fingerprint density at radius 2 is 1.71 bits per heavy atom. The van der Waals surface area contributed by atoms with Gasteiger partial charge in [-0.15, -0.1) is 23.5 Å². The van der Waals surface area contributed by atoms with E-state index in [0.717, 1.165) is 28.4 Å². The van der Waals surface area contributed by atoms with Gasteiger partial charge in [-0.05, 0) is 31.0 Å². The molecule has 31 heavy (non-hydrogen) atoms. The zero-order valence-electron chi connectivity index (χ0n) is 17.7. The Balaban J connectivity index is 1.47. The van der Waals surface area contributed by atoms with E-state index in [4.69, 9.17) is 4.74 Å². The summed E-state index contributed by atoms with van der Waals surface area (Å²) in [6, 6.07) is 14.9. The van der Waals surface area contributed by atoms with Crippen LogP contribution in [0.1, 0.15) is 35.1 Å². The van der Waals surface area contributed by atoms with E-state index < -0.39 is 10.0 Å². The summed E-state index contributed by atoms with van der Waals surface area (Å²) in [5.41, 5.74) is 2.72. The zero-order valence-corrected chi connectivity index (χ0v) is 20.1. The molecule has 0 bridgehead atoms. The van der Waals surface area contributed by atoms with Crippen molar-refractivity contribution in [1.82, 2.24) is 10.0 Å². The molecule has 0 radical (unpaired) electrons. The number of hydrogen-bond acceptors (Lipinski definition) is 6. The van der Waals surface area contributed by atoms with Crippen molar-refractivity contribution < 1.29 is 17.9 Å². The molecule has 1 aliphatic rings. The molecular weight excluding hydrogens is 452 g/mol. The molecule has 0 atom stereocenters. The highest BCUT2D eigenvalue weighted by Gasteiger charge is 2.21. The Kier molecular flexibility index (Phi) is 8.71. The van der Waals surface area contributed by atoms with Crippen molar-refractivity contribution in [3.05, 3.63) is 65.2 Å². The molecule has 6 nitrogen and oxygen atoms in total.